The van der Waals surface area contributed by atoms with E-state index in [2.05, 4.69) is 20.7 Å². The summed E-state index contributed by atoms with van der Waals surface area (Å²) in [5, 5.41) is 0. The van der Waals surface area contributed by atoms with Gasteiger partial charge < -0.3 is 5.73 Å². The van der Waals surface area contributed by atoms with E-state index in [0.29, 0.717) is 5.69 Å². The molecule has 7 heteroatoms. The van der Waals surface area contributed by atoms with Gasteiger partial charge in [0.1, 0.15) is 10.7 Å². The molecule has 3 N–H and O–H groups in total. The summed E-state index contributed by atoms with van der Waals surface area (Å²) in [6, 6.07) is 8.35. The molecule has 0 spiro atoms. The van der Waals surface area contributed by atoms with E-state index < -0.39 is 20.7 Å². The Morgan fingerprint density at radius 3 is 2.55 bits per heavy atom. The minimum atomic E-state index is -4.02. The van der Waals surface area contributed by atoms with E-state index in [1.807, 2.05) is 6.92 Å². The van der Waals surface area contributed by atoms with Gasteiger partial charge in [-0.05, 0) is 48.9 Å². The van der Waals surface area contributed by atoms with Gasteiger partial charge in [-0.25, -0.2) is 12.8 Å². The summed E-state index contributed by atoms with van der Waals surface area (Å²) >= 11 is 3.32. The normalized spacial score (nSPS) is 11.3. The Kier molecular flexibility index (Phi) is 4.01. The minimum Gasteiger partial charge on any atom is -0.399 e. The monoisotopic (exact) mass is 358 g/mol. The second kappa shape index (κ2) is 5.41. The maximum absolute atomic E-state index is 13.6. The minimum absolute atomic E-state index is 0.179. The molecule has 4 nitrogen and oxygen atoms in total. The molecule has 20 heavy (non-hydrogen) atoms. The number of nitrogens with one attached hydrogen (secondary N) is 1. The first-order valence-electron chi connectivity index (χ1n) is 5.63. The lowest BCUT2D eigenvalue weighted by molar-refractivity contribution is 0.570. The summed E-state index contributed by atoms with van der Waals surface area (Å²) < 4.78 is 41.1. The number of rotatable bonds is 3. The van der Waals surface area contributed by atoms with Crippen molar-refractivity contribution in [3.8, 4) is 0 Å². The Bertz CT molecular complexity index is 763. The van der Waals surface area contributed by atoms with Crippen LogP contribution in [0.4, 0.5) is 15.8 Å². The van der Waals surface area contributed by atoms with Crippen LogP contribution >= 0.6 is 15.9 Å². The van der Waals surface area contributed by atoms with Crippen LogP contribution in [0.5, 0.6) is 0 Å². The zero-order valence-corrected chi connectivity index (χ0v) is 12.9. The number of benzene rings is 2. The second-order valence-electron chi connectivity index (χ2n) is 4.26. The van der Waals surface area contributed by atoms with Gasteiger partial charge in [0.25, 0.3) is 10.0 Å². The molecule has 0 aliphatic rings. The molecule has 0 aliphatic carbocycles. The highest BCUT2D eigenvalue weighted by atomic mass is 79.9. The number of halogens is 2. The van der Waals surface area contributed by atoms with Gasteiger partial charge >= 0.3 is 0 Å². The molecular weight excluding hydrogens is 347 g/mol. The van der Waals surface area contributed by atoms with Crippen LogP contribution in [0, 0.1) is 12.7 Å². The van der Waals surface area contributed by atoms with Crippen LogP contribution in [0.15, 0.2) is 45.8 Å². The molecule has 0 heterocycles. The molecule has 0 saturated carbocycles. The average molecular weight is 359 g/mol. The molecule has 0 radical (unpaired) electrons. The van der Waals surface area contributed by atoms with Gasteiger partial charge in [0, 0.05) is 15.8 Å². The summed E-state index contributed by atoms with van der Waals surface area (Å²) in [5.41, 5.74) is 6.89. The molecule has 0 bridgehead atoms. The van der Waals surface area contributed by atoms with E-state index >= 15 is 0 Å². The lowest BCUT2D eigenvalue weighted by Gasteiger charge is -2.10. The molecule has 106 valence electrons. The van der Waals surface area contributed by atoms with Crippen LogP contribution in [0.2, 0.25) is 0 Å². The molecule has 0 aliphatic heterocycles. The zero-order chi connectivity index (χ0) is 14.9. The summed E-state index contributed by atoms with van der Waals surface area (Å²) in [7, 11) is -4.02. The summed E-state index contributed by atoms with van der Waals surface area (Å²) in [4.78, 5) is -0.474. The van der Waals surface area contributed by atoms with Gasteiger partial charge in [0.2, 0.25) is 0 Å². The number of hydrogen-bond acceptors (Lipinski definition) is 3. The van der Waals surface area contributed by atoms with E-state index in [4.69, 9.17) is 5.73 Å². The Hall–Kier alpha value is -1.60. The summed E-state index contributed by atoms with van der Waals surface area (Å²) in [5.74, 6) is -0.847. The predicted octanol–water partition coefficient (Wildman–Crippen LogP) is 3.28. The molecule has 0 amide bonds. The van der Waals surface area contributed by atoms with Crippen molar-refractivity contribution in [1.29, 1.82) is 0 Å². The van der Waals surface area contributed by atoms with Crippen molar-refractivity contribution in [2.45, 2.75) is 11.8 Å². The van der Waals surface area contributed by atoms with Gasteiger partial charge in [-0.2, -0.15) is 0 Å². The SMILES string of the molecule is Cc1cc(NS(=O)(=O)c2cc(N)ccc2F)ccc1Br. The van der Waals surface area contributed by atoms with Crippen LogP contribution in [0.1, 0.15) is 5.56 Å². The number of anilines is 2. The van der Waals surface area contributed by atoms with Gasteiger partial charge in [-0.1, -0.05) is 15.9 Å². The van der Waals surface area contributed by atoms with Crippen molar-refractivity contribution in [3.63, 3.8) is 0 Å². The zero-order valence-electron chi connectivity index (χ0n) is 10.5. The Morgan fingerprint density at radius 2 is 1.90 bits per heavy atom. The first kappa shape index (κ1) is 14.8. The van der Waals surface area contributed by atoms with Crippen molar-refractivity contribution < 1.29 is 12.8 Å². The van der Waals surface area contributed by atoms with E-state index in [1.54, 1.807) is 18.2 Å². The molecule has 0 saturated heterocycles. The summed E-state index contributed by atoms with van der Waals surface area (Å²) in [6.07, 6.45) is 0. The first-order valence-corrected chi connectivity index (χ1v) is 7.91. The molecule has 0 unspecified atom stereocenters. The van der Waals surface area contributed by atoms with E-state index in [1.165, 1.54) is 6.07 Å². The lowest BCUT2D eigenvalue weighted by Crippen LogP contribution is -2.15. The van der Waals surface area contributed by atoms with Gasteiger partial charge in [0.05, 0.1) is 0 Å². The molecule has 0 atom stereocenters. The fraction of sp³-hybridized carbons (Fsp3) is 0.0769. The van der Waals surface area contributed by atoms with E-state index in [-0.39, 0.29) is 5.69 Å². The highest BCUT2D eigenvalue weighted by Crippen LogP contribution is 2.24. The number of hydrogen-bond donors (Lipinski definition) is 2. The number of nitrogens with two attached hydrogens (primary N) is 1. The Morgan fingerprint density at radius 1 is 1.20 bits per heavy atom. The average Bonchev–Trinajstić information content (AvgIpc) is 2.36. The second-order valence-corrected chi connectivity index (χ2v) is 6.76. The van der Waals surface area contributed by atoms with Gasteiger partial charge in [-0.15, -0.1) is 0 Å². The number of sulfonamides is 1. The van der Waals surface area contributed by atoms with Gasteiger partial charge in [-0.3, -0.25) is 4.72 Å². The van der Waals surface area contributed by atoms with Crippen LogP contribution in [-0.4, -0.2) is 8.42 Å². The van der Waals surface area contributed by atoms with E-state index in [9.17, 15) is 12.8 Å². The van der Waals surface area contributed by atoms with Crippen molar-refractivity contribution in [1.82, 2.24) is 0 Å². The number of aryl methyl sites for hydroxylation is 1. The van der Waals surface area contributed by atoms with Crippen LogP contribution in [-0.2, 0) is 10.0 Å². The standard InChI is InChI=1S/C13H12BrFN2O2S/c1-8-6-10(3-4-11(8)14)17-20(18,19)13-7-9(16)2-5-12(13)15/h2-7,17H,16H2,1H3. The number of nitrogen functional groups attached to an aromatic ring is 1. The van der Waals surface area contributed by atoms with Crippen LogP contribution < -0.4 is 10.5 Å². The summed E-state index contributed by atoms with van der Waals surface area (Å²) in [6.45, 7) is 1.82. The van der Waals surface area contributed by atoms with Crippen molar-refractivity contribution >= 4 is 37.3 Å². The molecule has 2 aromatic carbocycles. The fourth-order valence-electron chi connectivity index (χ4n) is 1.64. The fourth-order valence-corrected chi connectivity index (χ4v) is 3.05. The van der Waals surface area contributed by atoms with Crippen molar-refractivity contribution in [3.05, 3.63) is 52.3 Å². The van der Waals surface area contributed by atoms with Crippen molar-refractivity contribution in [2.24, 2.45) is 0 Å². The van der Waals surface area contributed by atoms with Crippen molar-refractivity contribution in [2.75, 3.05) is 10.5 Å². The highest BCUT2D eigenvalue weighted by molar-refractivity contribution is 9.10. The Balaban J connectivity index is 2.40. The van der Waals surface area contributed by atoms with Crippen LogP contribution in [0.3, 0.4) is 0 Å². The largest absolute Gasteiger partial charge is 0.399 e. The maximum Gasteiger partial charge on any atom is 0.264 e. The lowest BCUT2D eigenvalue weighted by atomic mass is 10.2. The quantitative estimate of drug-likeness (QED) is 0.827. The molecule has 0 aromatic heterocycles. The van der Waals surface area contributed by atoms with Gasteiger partial charge in [0.15, 0.2) is 0 Å². The van der Waals surface area contributed by atoms with Crippen LogP contribution in [0.25, 0.3) is 0 Å². The highest BCUT2D eigenvalue weighted by Gasteiger charge is 2.19. The molecule has 0 fully saturated rings. The third-order valence-electron chi connectivity index (χ3n) is 2.65. The molecular formula is C13H12BrFN2O2S. The predicted molar refractivity (Wildman–Crippen MR) is 80.5 cm³/mol. The third kappa shape index (κ3) is 3.10. The topological polar surface area (TPSA) is 72.2 Å². The molecule has 2 aromatic rings. The Labute approximate surface area is 125 Å². The maximum atomic E-state index is 13.6. The first-order chi connectivity index (χ1) is 9.29. The molecule has 2 rings (SSSR count). The smallest absolute Gasteiger partial charge is 0.264 e. The van der Waals surface area contributed by atoms with E-state index in [0.717, 1.165) is 22.2 Å². The third-order valence-corrected chi connectivity index (χ3v) is 4.94.